The minimum absolute atomic E-state index is 0.0607. The van der Waals surface area contributed by atoms with E-state index in [0.29, 0.717) is 0 Å². The molecule has 0 radical (unpaired) electrons. The Morgan fingerprint density at radius 1 is 1.31 bits per heavy atom. The van der Waals surface area contributed by atoms with Gasteiger partial charge < -0.3 is 21.1 Å². The second kappa shape index (κ2) is 7.39. The van der Waals surface area contributed by atoms with Crippen molar-refractivity contribution in [1.82, 2.24) is 4.90 Å². The second-order valence-electron chi connectivity index (χ2n) is 6.75. The van der Waals surface area contributed by atoms with Crippen molar-refractivity contribution in [3.8, 4) is 6.07 Å². The van der Waals surface area contributed by atoms with Gasteiger partial charge in [0.15, 0.2) is 5.41 Å². The fourth-order valence-electron chi connectivity index (χ4n) is 4.24. The van der Waals surface area contributed by atoms with Crippen LogP contribution in [0.15, 0.2) is 48.2 Å². The smallest absolute Gasteiger partial charge is 0.324 e. The van der Waals surface area contributed by atoms with E-state index in [0.717, 1.165) is 6.07 Å². The summed E-state index contributed by atoms with van der Waals surface area (Å²) in [7, 11) is 0. The molecule has 9 heteroatoms. The normalized spacial score (nSPS) is 27.6. The number of ether oxygens (including phenoxy) is 1. The Labute approximate surface area is 166 Å². The molecule has 8 nitrogen and oxygen atoms in total. The maximum atomic E-state index is 14.8. The molecule has 0 spiro atoms. The predicted octanol–water partition coefficient (Wildman–Crippen LogP) is 0.459. The number of fused-ring (bicyclic) bond motifs is 1. The van der Waals surface area contributed by atoms with E-state index in [9.17, 15) is 24.0 Å². The molecule has 2 amide bonds. The topological polar surface area (TPSA) is 140 Å². The molecule has 3 rings (SSSR count). The van der Waals surface area contributed by atoms with Gasteiger partial charge in [-0.05, 0) is 24.6 Å². The molecule has 4 atom stereocenters. The van der Waals surface area contributed by atoms with Crippen molar-refractivity contribution in [2.75, 3.05) is 6.61 Å². The number of primary amides is 2. The first-order valence-corrected chi connectivity index (χ1v) is 8.89. The van der Waals surface area contributed by atoms with Crippen LogP contribution in [0.3, 0.4) is 0 Å². The van der Waals surface area contributed by atoms with Gasteiger partial charge in [-0.1, -0.05) is 24.3 Å². The quantitative estimate of drug-likeness (QED) is 0.545. The van der Waals surface area contributed by atoms with Crippen LogP contribution in [0.25, 0.3) is 0 Å². The molecule has 0 aliphatic carbocycles. The van der Waals surface area contributed by atoms with E-state index in [1.807, 2.05) is 6.07 Å². The SMILES string of the molecule is CCOC(=O)[C@]1(C(N)=O)[C@@H]2C=CC(C#N)=CN2[C@H](C(N)=O)[C@@H]1c1ccccc1F. The average molecular weight is 398 g/mol. The van der Waals surface area contributed by atoms with Crippen molar-refractivity contribution >= 4 is 17.8 Å². The minimum atomic E-state index is -2.13. The van der Waals surface area contributed by atoms with E-state index in [1.54, 1.807) is 6.92 Å². The average Bonchev–Trinajstić information content (AvgIpc) is 2.99. The molecular formula is C20H19FN4O4. The Morgan fingerprint density at radius 3 is 2.55 bits per heavy atom. The van der Waals surface area contributed by atoms with Crippen LogP contribution in [0.1, 0.15) is 18.4 Å². The molecular weight excluding hydrogens is 379 g/mol. The van der Waals surface area contributed by atoms with E-state index in [-0.39, 0.29) is 17.7 Å². The maximum Gasteiger partial charge on any atom is 0.324 e. The van der Waals surface area contributed by atoms with Crippen molar-refractivity contribution in [2.24, 2.45) is 16.9 Å². The first-order chi connectivity index (χ1) is 13.8. The van der Waals surface area contributed by atoms with Crippen molar-refractivity contribution in [1.29, 1.82) is 5.26 Å². The Kier molecular flexibility index (Phi) is 5.12. The summed E-state index contributed by atoms with van der Waals surface area (Å²) in [5, 5.41) is 9.24. The van der Waals surface area contributed by atoms with Gasteiger partial charge in [0, 0.05) is 12.1 Å². The number of amides is 2. The lowest BCUT2D eigenvalue weighted by atomic mass is 9.67. The molecule has 0 bridgehead atoms. The monoisotopic (exact) mass is 398 g/mol. The predicted molar refractivity (Wildman–Crippen MR) is 98.8 cm³/mol. The fourth-order valence-corrected chi connectivity index (χ4v) is 4.24. The van der Waals surface area contributed by atoms with Crippen LogP contribution in [0.4, 0.5) is 4.39 Å². The van der Waals surface area contributed by atoms with Gasteiger partial charge in [0.25, 0.3) is 0 Å². The molecule has 1 aromatic rings. The first kappa shape index (κ1) is 20.1. The third-order valence-electron chi connectivity index (χ3n) is 5.34. The Balaban J connectivity index is 2.37. The number of nitriles is 1. The Morgan fingerprint density at radius 2 is 2.00 bits per heavy atom. The number of benzene rings is 1. The lowest BCUT2D eigenvalue weighted by Crippen LogP contribution is -2.55. The molecule has 29 heavy (non-hydrogen) atoms. The van der Waals surface area contributed by atoms with Crippen molar-refractivity contribution in [2.45, 2.75) is 24.9 Å². The van der Waals surface area contributed by atoms with Crippen LogP contribution in [0.2, 0.25) is 0 Å². The van der Waals surface area contributed by atoms with Gasteiger partial charge in [-0.2, -0.15) is 5.26 Å². The van der Waals surface area contributed by atoms with E-state index in [2.05, 4.69) is 0 Å². The number of carbonyl (C=O) groups is 3. The number of carbonyl (C=O) groups excluding carboxylic acids is 3. The van der Waals surface area contributed by atoms with E-state index < -0.39 is 47.0 Å². The summed E-state index contributed by atoms with van der Waals surface area (Å²) in [6, 6.07) is 4.98. The van der Waals surface area contributed by atoms with Gasteiger partial charge in [-0.3, -0.25) is 14.4 Å². The zero-order valence-electron chi connectivity index (χ0n) is 15.5. The Bertz CT molecular complexity index is 983. The van der Waals surface area contributed by atoms with E-state index in [1.165, 1.54) is 41.5 Å². The summed E-state index contributed by atoms with van der Waals surface area (Å²) in [5.41, 5.74) is 9.30. The highest BCUT2D eigenvalue weighted by Gasteiger charge is 2.69. The fraction of sp³-hybridized carbons (Fsp3) is 0.300. The lowest BCUT2D eigenvalue weighted by Gasteiger charge is -2.35. The minimum Gasteiger partial charge on any atom is -0.465 e. The van der Waals surface area contributed by atoms with Crippen molar-refractivity contribution < 1.29 is 23.5 Å². The van der Waals surface area contributed by atoms with Gasteiger partial charge in [-0.15, -0.1) is 0 Å². The van der Waals surface area contributed by atoms with Gasteiger partial charge in [0.2, 0.25) is 11.8 Å². The van der Waals surface area contributed by atoms with Crippen LogP contribution >= 0.6 is 0 Å². The summed E-state index contributed by atoms with van der Waals surface area (Å²) in [5.74, 6) is -5.06. The summed E-state index contributed by atoms with van der Waals surface area (Å²) >= 11 is 0. The summed E-state index contributed by atoms with van der Waals surface area (Å²) in [4.78, 5) is 39.7. The summed E-state index contributed by atoms with van der Waals surface area (Å²) in [6.45, 7) is 1.49. The van der Waals surface area contributed by atoms with Crippen LogP contribution in [-0.2, 0) is 19.1 Å². The largest absolute Gasteiger partial charge is 0.465 e. The van der Waals surface area contributed by atoms with Crippen LogP contribution < -0.4 is 11.5 Å². The number of nitrogens with zero attached hydrogens (tertiary/aromatic N) is 2. The molecule has 0 saturated carbocycles. The molecule has 2 heterocycles. The molecule has 4 N–H and O–H groups in total. The third kappa shape index (κ3) is 2.84. The number of esters is 1. The maximum absolute atomic E-state index is 14.8. The second-order valence-corrected chi connectivity index (χ2v) is 6.75. The molecule has 2 aliphatic heterocycles. The highest BCUT2D eigenvalue weighted by atomic mass is 19.1. The van der Waals surface area contributed by atoms with Crippen LogP contribution in [0, 0.1) is 22.6 Å². The molecule has 0 aromatic heterocycles. The standard InChI is InChI=1S/C20H19FN4O4/c1-2-29-19(28)20(18(24)27)14-8-7-11(9-22)10-25(14)16(17(23)26)15(20)12-5-3-4-6-13(12)21/h3-8,10,14-16H,2H2,1H3,(H2,23,26)(H2,24,27)/t14-,15-,16-,20+/m0/s1. The molecule has 1 aromatic carbocycles. The van der Waals surface area contributed by atoms with Gasteiger partial charge in [0.05, 0.1) is 18.2 Å². The first-order valence-electron chi connectivity index (χ1n) is 8.89. The summed E-state index contributed by atoms with van der Waals surface area (Å²) in [6.07, 6.45) is 4.13. The molecule has 2 aliphatic rings. The summed E-state index contributed by atoms with van der Waals surface area (Å²) < 4.78 is 19.9. The zero-order chi connectivity index (χ0) is 21.3. The van der Waals surface area contributed by atoms with Crippen LogP contribution in [-0.4, -0.2) is 41.4 Å². The molecule has 0 unspecified atom stereocenters. The molecule has 150 valence electrons. The number of allylic oxidation sites excluding steroid dienone is 2. The zero-order valence-corrected chi connectivity index (χ0v) is 15.5. The number of halogens is 1. The number of rotatable bonds is 5. The van der Waals surface area contributed by atoms with Gasteiger partial charge in [0.1, 0.15) is 17.9 Å². The van der Waals surface area contributed by atoms with Crippen LogP contribution in [0.5, 0.6) is 0 Å². The number of hydrogen-bond acceptors (Lipinski definition) is 6. The highest BCUT2D eigenvalue weighted by molar-refractivity contribution is 6.06. The number of nitrogens with two attached hydrogens (primary N) is 2. The van der Waals surface area contributed by atoms with Crippen molar-refractivity contribution in [3.63, 3.8) is 0 Å². The van der Waals surface area contributed by atoms with Crippen molar-refractivity contribution in [3.05, 3.63) is 59.6 Å². The van der Waals surface area contributed by atoms with Gasteiger partial charge >= 0.3 is 5.97 Å². The third-order valence-corrected chi connectivity index (χ3v) is 5.34. The van der Waals surface area contributed by atoms with E-state index >= 15 is 0 Å². The highest BCUT2D eigenvalue weighted by Crippen LogP contribution is 2.54. The number of hydrogen-bond donors (Lipinski definition) is 2. The van der Waals surface area contributed by atoms with E-state index in [4.69, 9.17) is 16.2 Å². The van der Waals surface area contributed by atoms with Gasteiger partial charge in [-0.25, -0.2) is 4.39 Å². The Hall–Kier alpha value is -3.67. The lowest BCUT2D eigenvalue weighted by molar-refractivity contribution is -0.161. The molecule has 1 fully saturated rings. The molecule has 1 saturated heterocycles.